The summed E-state index contributed by atoms with van der Waals surface area (Å²) in [6.07, 6.45) is -0.417. The van der Waals surface area contributed by atoms with Crippen molar-refractivity contribution in [2.45, 2.75) is 19.4 Å². The molecule has 0 radical (unpaired) electrons. The zero-order valence-electron chi connectivity index (χ0n) is 6.61. The zero-order chi connectivity index (χ0) is 8.97. The third-order valence-corrected chi connectivity index (χ3v) is 1.32. The van der Waals surface area contributed by atoms with Crippen LogP contribution in [-0.2, 0) is 14.4 Å². The molecule has 0 aromatic heterocycles. The number of ether oxygens (including phenoxy) is 1. The maximum Gasteiger partial charge on any atom is 0.356 e. The van der Waals surface area contributed by atoms with E-state index >= 15 is 0 Å². The van der Waals surface area contributed by atoms with Crippen LogP contribution in [0, 0.1) is 11.3 Å². The number of nitriles is 1. The van der Waals surface area contributed by atoms with Gasteiger partial charge in [0, 0.05) is 0 Å². The first-order valence-electron chi connectivity index (χ1n) is 3.57. The fourth-order valence-electron chi connectivity index (χ4n) is 0.782. The van der Waals surface area contributed by atoms with Gasteiger partial charge in [-0.25, -0.2) is 4.79 Å². The van der Waals surface area contributed by atoms with Crippen LogP contribution in [0.4, 0.5) is 0 Å². The molecule has 0 N–H and O–H groups in total. The van der Waals surface area contributed by atoms with E-state index in [0.29, 0.717) is 6.61 Å². The van der Waals surface area contributed by atoms with Crippen LogP contribution in [0.3, 0.4) is 0 Å². The van der Waals surface area contributed by atoms with E-state index in [-0.39, 0.29) is 12.1 Å². The van der Waals surface area contributed by atoms with Crippen LogP contribution in [0.2, 0.25) is 0 Å². The van der Waals surface area contributed by atoms with Crippen LogP contribution >= 0.6 is 0 Å². The molecule has 1 atom stereocenters. The van der Waals surface area contributed by atoms with E-state index in [2.05, 4.69) is 14.7 Å². The highest BCUT2D eigenvalue weighted by Gasteiger charge is 2.26. The fraction of sp³-hybridized carbons (Fsp3) is 0.571. The second-order valence-corrected chi connectivity index (χ2v) is 2.19. The van der Waals surface area contributed by atoms with E-state index in [1.807, 2.05) is 6.07 Å². The molecule has 0 amide bonds. The summed E-state index contributed by atoms with van der Waals surface area (Å²) >= 11 is 0. The van der Waals surface area contributed by atoms with Crippen molar-refractivity contribution < 1.29 is 14.4 Å². The Morgan fingerprint density at radius 2 is 2.75 bits per heavy atom. The Morgan fingerprint density at radius 3 is 3.25 bits per heavy atom. The van der Waals surface area contributed by atoms with Crippen molar-refractivity contribution in [3.8, 4) is 6.07 Å². The van der Waals surface area contributed by atoms with Gasteiger partial charge in [-0.05, 0) is 6.92 Å². The van der Waals surface area contributed by atoms with Gasteiger partial charge in [0.1, 0.15) is 6.07 Å². The van der Waals surface area contributed by atoms with Gasteiger partial charge < -0.3 is 9.57 Å². The van der Waals surface area contributed by atoms with E-state index in [0.717, 1.165) is 0 Å². The first kappa shape index (κ1) is 8.53. The molecule has 0 aromatic rings. The monoisotopic (exact) mass is 168 g/mol. The Kier molecular flexibility index (Phi) is 2.64. The van der Waals surface area contributed by atoms with Gasteiger partial charge in [0.2, 0.25) is 6.10 Å². The quantitative estimate of drug-likeness (QED) is 0.553. The molecule has 0 aromatic carbocycles. The minimum absolute atomic E-state index is 0.184. The molecule has 0 saturated heterocycles. The molecule has 1 heterocycles. The van der Waals surface area contributed by atoms with E-state index in [4.69, 9.17) is 5.26 Å². The van der Waals surface area contributed by atoms with Gasteiger partial charge in [0.15, 0.2) is 5.71 Å². The predicted octanol–water partition coefficient (Wildman–Crippen LogP) is 0.218. The van der Waals surface area contributed by atoms with Crippen molar-refractivity contribution in [3.63, 3.8) is 0 Å². The highest BCUT2D eigenvalue weighted by molar-refractivity contribution is 6.36. The molecule has 5 heteroatoms. The van der Waals surface area contributed by atoms with Gasteiger partial charge in [-0.1, -0.05) is 5.16 Å². The molecule has 64 valence electrons. The van der Waals surface area contributed by atoms with Gasteiger partial charge in [-0.2, -0.15) is 5.26 Å². The number of carbonyl (C=O) groups excluding carboxylic acids is 1. The fourth-order valence-corrected chi connectivity index (χ4v) is 0.782. The van der Waals surface area contributed by atoms with Gasteiger partial charge in [-0.15, -0.1) is 0 Å². The molecule has 0 aliphatic carbocycles. The normalized spacial score (nSPS) is 20.7. The molecular weight excluding hydrogens is 160 g/mol. The number of esters is 1. The lowest BCUT2D eigenvalue weighted by molar-refractivity contribution is -0.135. The van der Waals surface area contributed by atoms with Crippen molar-refractivity contribution in [2.75, 3.05) is 6.61 Å². The maximum atomic E-state index is 11.0. The smallest absolute Gasteiger partial charge is 0.356 e. The second kappa shape index (κ2) is 3.72. The van der Waals surface area contributed by atoms with Gasteiger partial charge >= 0.3 is 5.97 Å². The molecule has 0 fully saturated rings. The molecule has 1 rings (SSSR count). The summed E-state index contributed by atoms with van der Waals surface area (Å²) < 4.78 is 4.66. The van der Waals surface area contributed by atoms with Crippen LogP contribution in [0.25, 0.3) is 0 Å². The average Bonchev–Trinajstić information content (AvgIpc) is 2.52. The summed E-state index contributed by atoms with van der Waals surface area (Å²) in [5, 5.41) is 11.8. The predicted molar refractivity (Wildman–Crippen MR) is 39.2 cm³/mol. The molecule has 0 bridgehead atoms. The number of carbonyl (C=O) groups is 1. The van der Waals surface area contributed by atoms with E-state index < -0.39 is 12.1 Å². The van der Waals surface area contributed by atoms with E-state index in [1.54, 1.807) is 6.92 Å². The summed E-state index contributed by atoms with van der Waals surface area (Å²) in [5.74, 6) is -0.504. The Morgan fingerprint density at radius 1 is 2.00 bits per heavy atom. The van der Waals surface area contributed by atoms with Crippen molar-refractivity contribution in [1.82, 2.24) is 0 Å². The molecule has 1 aliphatic heterocycles. The topological polar surface area (TPSA) is 71.7 Å². The van der Waals surface area contributed by atoms with Gasteiger partial charge in [0.05, 0.1) is 13.0 Å². The molecular formula is C7H8N2O3. The van der Waals surface area contributed by atoms with Crippen molar-refractivity contribution in [1.29, 1.82) is 5.26 Å². The molecule has 0 saturated carbocycles. The zero-order valence-corrected chi connectivity index (χ0v) is 6.61. The first-order chi connectivity index (χ1) is 5.77. The molecule has 5 nitrogen and oxygen atoms in total. The number of hydrogen-bond donors (Lipinski definition) is 0. The van der Waals surface area contributed by atoms with Crippen LogP contribution < -0.4 is 0 Å². The van der Waals surface area contributed by atoms with Gasteiger partial charge in [0.25, 0.3) is 0 Å². The summed E-state index contributed by atoms with van der Waals surface area (Å²) in [6, 6.07) is 1.85. The molecule has 0 spiro atoms. The Balaban J connectivity index is 2.47. The largest absolute Gasteiger partial charge is 0.461 e. The lowest BCUT2D eigenvalue weighted by Gasteiger charge is -1.97. The van der Waals surface area contributed by atoms with Crippen LogP contribution in [-0.4, -0.2) is 24.4 Å². The number of nitrogens with zero attached hydrogens (tertiary/aromatic N) is 2. The van der Waals surface area contributed by atoms with Crippen molar-refractivity contribution in [3.05, 3.63) is 0 Å². The van der Waals surface area contributed by atoms with Gasteiger partial charge in [-0.3, -0.25) is 0 Å². The first-order valence-corrected chi connectivity index (χ1v) is 3.57. The van der Waals surface area contributed by atoms with E-state index in [1.165, 1.54) is 0 Å². The van der Waals surface area contributed by atoms with Crippen molar-refractivity contribution in [2.24, 2.45) is 5.16 Å². The Bertz CT molecular complexity index is 254. The molecule has 12 heavy (non-hydrogen) atoms. The van der Waals surface area contributed by atoms with Crippen molar-refractivity contribution >= 4 is 11.7 Å². The lowest BCUT2D eigenvalue weighted by Crippen LogP contribution is -2.17. The summed E-state index contributed by atoms with van der Waals surface area (Å²) in [5.41, 5.74) is 0.184. The maximum absolute atomic E-state index is 11.0. The third-order valence-electron chi connectivity index (χ3n) is 1.32. The summed E-state index contributed by atoms with van der Waals surface area (Å²) in [7, 11) is 0. The Labute approximate surface area is 69.6 Å². The summed E-state index contributed by atoms with van der Waals surface area (Å²) in [4.78, 5) is 15.6. The lowest BCUT2D eigenvalue weighted by atomic mass is 10.2. The number of rotatable bonds is 2. The average molecular weight is 168 g/mol. The van der Waals surface area contributed by atoms with E-state index in [9.17, 15) is 4.79 Å². The highest BCUT2D eigenvalue weighted by atomic mass is 16.6. The summed E-state index contributed by atoms with van der Waals surface area (Å²) in [6.45, 7) is 2.01. The number of oxime groups is 1. The van der Waals surface area contributed by atoms with Crippen LogP contribution in [0.5, 0.6) is 0 Å². The third kappa shape index (κ3) is 1.72. The second-order valence-electron chi connectivity index (χ2n) is 2.19. The van der Waals surface area contributed by atoms with Crippen LogP contribution in [0.15, 0.2) is 5.16 Å². The van der Waals surface area contributed by atoms with Crippen LogP contribution in [0.1, 0.15) is 13.3 Å². The minimum Gasteiger partial charge on any atom is -0.461 e. The Hall–Kier alpha value is -1.57. The number of hydrogen-bond acceptors (Lipinski definition) is 5. The molecule has 1 aliphatic rings. The SMILES string of the molecule is CCOC(=O)C1=NO[C@H](C#N)C1. The molecule has 0 unspecified atom stereocenters. The standard InChI is InChI=1S/C7H8N2O3/c1-2-11-7(10)6-3-5(4-8)12-9-6/h5H,2-3H2,1H3/t5-/m0/s1. The highest BCUT2D eigenvalue weighted by Crippen LogP contribution is 2.09. The minimum atomic E-state index is -0.635.